The molecule has 1 aliphatic rings. The van der Waals surface area contributed by atoms with Gasteiger partial charge in [0.25, 0.3) is 0 Å². The molecule has 2 heteroatoms. The van der Waals surface area contributed by atoms with Crippen molar-refractivity contribution in [1.29, 1.82) is 0 Å². The van der Waals surface area contributed by atoms with Crippen LogP contribution < -0.4 is 5.32 Å². The zero-order valence-electron chi connectivity index (χ0n) is 8.93. The average Bonchev–Trinajstić information content (AvgIpc) is 2.15. The Morgan fingerprint density at radius 3 is 2.92 bits per heavy atom. The van der Waals surface area contributed by atoms with Crippen LogP contribution in [0.2, 0.25) is 0 Å². The Morgan fingerprint density at radius 1 is 1.54 bits per heavy atom. The molecule has 13 heavy (non-hydrogen) atoms. The van der Waals surface area contributed by atoms with Crippen LogP contribution in [0.15, 0.2) is 0 Å². The van der Waals surface area contributed by atoms with E-state index in [1.807, 2.05) is 6.92 Å². The second kappa shape index (κ2) is 5.26. The van der Waals surface area contributed by atoms with Crippen molar-refractivity contribution in [3.05, 3.63) is 0 Å². The quantitative estimate of drug-likeness (QED) is 0.640. The van der Waals surface area contributed by atoms with Crippen LogP contribution in [-0.4, -0.2) is 36.6 Å². The number of rotatable bonds is 2. The van der Waals surface area contributed by atoms with Gasteiger partial charge in [-0.1, -0.05) is 12.8 Å². The molecule has 0 radical (unpaired) electrons. The van der Waals surface area contributed by atoms with Crippen LogP contribution in [0, 0.1) is 11.8 Å². The summed E-state index contributed by atoms with van der Waals surface area (Å²) >= 11 is 0. The fourth-order valence-electron chi connectivity index (χ4n) is 1.81. The summed E-state index contributed by atoms with van der Waals surface area (Å²) in [6, 6.07) is 1.29. The number of piperazine rings is 1. The first-order valence-electron chi connectivity index (χ1n) is 5.15. The highest BCUT2D eigenvalue weighted by Crippen LogP contribution is 2.08. The topological polar surface area (TPSA) is 15.3 Å². The molecule has 74 valence electrons. The third-order valence-electron chi connectivity index (χ3n) is 2.66. The van der Waals surface area contributed by atoms with E-state index >= 15 is 0 Å². The lowest BCUT2D eigenvalue weighted by molar-refractivity contribution is 0.149. The van der Waals surface area contributed by atoms with Crippen molar-refractivity contribution in [2.75, 3.05) is 19.6 Å². The Kier molecular flexibility index (Phi) is 4.27. The van der Waals surface area contributed by atoms with Crippen LogP contribution in [-0.2, 0) is 0 Å². The molecule has 1 heterocycles. The molecule has 1 fully saturated rings. The van der Waals surface area contributed by atoms with Gasteiger partial charge in [0, 0.05) is 25.2 Å². The maximum Gasteiger partial charge on any atom is 0.0604 e. The van der Waals surface area contributed by atoms with Gasteiger partial charge in [0.15, 0.2) is 0 Å². The Morgan fingerprint density at radius 2 is 2.31 bits per heavy atom. The van der Waals surface area contributed by atoms with Crippen molar-refractivity contribution < 1.29 is 0 Å². The van der Waals surface area contributed by atoms with E-state index in [2.05, 4.69) is 35.9 Å². The van der Waals surface area contributed by atoms with Crippen LogP contribution in [0.1, 0.15) is 27.2 Å². The molecule has 0 saturated carbocycles. The summed E-state index contributed by atoms with van der Waals surface area (Å²) in [6.07, 6.45) is 1.21. The predicted molar refractivity (Wildman–Crippen MR) is 56.6 cm³/mol. The van der Waals surface area contributed by atoms with Crippen molar-refractivity contribution in [2.24, 2.45) is 0 Å². The zero-order valence-corrected chi connectivity index (χ0v) is 8.93. The molecule has 0 bridgehead atoms. The van der Waals surface area contributed by atoms with Gasteiger partial charge in [-0.2, -0.15) is 0 Å². The van der Waals surface area contributed by atoms with Gasteiger partial charge in [0.2, 0.25) is 0 Å². The number of hydrogen-bond donors (Lipinski definition) is 1. The first-order chi connectivity index (χ1) is 6.27. The first kappa shape index (κ1) is 10.6. The molecule has 0 aromatic rings. The highest BCUT2D eigenvalue weighted by atomic mass is 15.2. The third-order valence-corrected chi connectivity index (χ3v) is 2.66. The molecule has 0 aromatic heterocycles. The van der Waals surface area contributed by atoms with E-state index < -0.39 is 0 Å². The minimum absolute atomic E-state index is 0.612. The predicted octanol–water partition coefficient (Wildman–Crippen LogP) is 1.08. The van der Waals surface area contributed by atoms with E-state index in [1.54, 1.807) is 0 Å². The summed E-state index contributed by atoms with van der Waals surface area (Å²) in [7, 11) is 0. The summed E-state index contributed by atoms with van der Waals surface area (Å²) in [5.41, 5.74) is 0. The van der Waals surface area contributed by atoms with E-state index in [4.69, 9.17) is 0 Å². The second-order valence-electron chi connectivity index (χ2n) is 3.73. The highest BCUT2D eigenvalue weighted by molar-refractivity contribution is 5.00. The summed E-state index contributed by atoms with van der Waals surface area (Å²) < 4.78 is 0. The molecule has 0 aromatic carbocycles. The standard InChI is InChI=1S/C11H20N2/c1-4-6-7-13-9-10(3)12-8-11(13)5-2/h10-12H,5,7-9H2,1-3H3. The summed E-state index contributed by atoms with van der Waals surface area (Å²) in [5.74, 6) is 6.11. The minimum atomic E-state index is 0.612. The van der Waals surface area contributed by atoms with Gasteiger partial charge in [-0.25, -0.2) is 0 Å². The number of nitrogens with one attached hydrogen (secondary N) is 1. The molecule has 0 spiro atoms. The van der Waals surface area contributed by atoms with Crippen molar-refractivity contribution in [3.8, 4) is 11.8 Å². The highest BCUT2D eigenvalue weighted by Gasteiger charge is 2.23. The number of nitrogens with zero attached hydrogens (tertiary/aromatic N) is 1. The van der Waals surface area contributed by atoms with E-state index in [0.29, 0.717) is 12.1 Å². The fraction of sp³-hybridized carbons (Fsp3) is 0.818. The summed E-state index contributed by atoms with van der Waals surface area (Å²) in [5, 5.41) is 3.50. The van der Waals surface area contributed by atoms with E-state index in [0.717, 1.165) is 19.6 Å². The van der Waals surface area contributed by atoms with Crippen LogP contribution in [0.4, 0.5) is 0 Å². The van der Waals surface area contributed by atoms with Gasteiger partial charge in [-0.05, 0) is 20.3 Å². The van der Waals surface area contributed by atoms with Crippen LogP contribution >= 0.6 is 0 Å². The van der Waals surface area contributed by atoms with Gasteiger partial charge in [0.1, 0.15) is 0 Å². The molecule has 2 nitrogen and oxygen atoms in total. The monoisotopic (exact) mass is 180 g/mol. The van der Waals surface area contributed by atoms with Crippen molar-refractivity contribution in [3.63, 3.8) is 0 Å². The van der Waals surface area contributed by atoms with E-state index in [-0.39, 0.29) is 0 Å². The Bertz CT molecular complexity index is 202. The Balaban J connectivity index is 2.47. The molecule has 1 saturated heterocycles. The number of hydrogen-bond acceptors (Lipinski definition) is 2. The van der Waals surface area contributed by atoms with Gasteiger partial charge in [0.05, 0.1) is 6.54 Å². The Labute approximate surface area is 81.7 Å². The summed E-state index contributed by atoms with van der Waals surface area (Å²) in [6.45, 7) is 9.57. The molecule has 1 aliphatic heterocycles. The molecular weight excluding hydrogens is 160 g/mol. The minimum Gasteiger partial charge on any atom is -0.311 e. The van der Waals surface area contributed by atoms with Crippen molar-refractivity contribution >= 4 is 0 Å². The van der Waals surface area contributed by atoms with Crippen LogP contribution in [0.3, 0.4) is 0 Å². The second-order valence-corrected chi connectivity index (χ2v) is 3.73. The first-order valence-corrected chi connectivity index (χ1v) is 5.15. The van der Waals surface area contributed by atoms with Gasteiger partial charge < -0.3 is 5.32 Å². The lowest BCUT2D eigenvalue weighted by Crippen LogP contribution is -2.55. The molecule has 1 rings (SSSR count). The molecule has 0 aliphatic carbocycles. The van der Waals surface area contributed by atoms with Crippen molar-refractivity contribution in [1.82, 2.24) is 10.2 Å². The van der Waals surface area contributed by atoms with E-state index in [1.165, 1.54) is 6.42 Å². The van der Waals surface area contributed by atoms with Crippen LogP contribution in [0.5, 0.6) is 0 Å². The van der Waals surface area contributed by atoms with E-state index in [9.17, 15) is 0 Å². The molecule has 0 amide bonds. The normalized spacial score (nSPS) is 29.5. The van der Waals surface area contributed by atoms with Gasteiger partial charge in [-0.15, -0.1) is 5.92 Å². The summed E-state index contributed by atoms with van der Waals surface area (Å²) in [4.78, 5) is 2.48. The van der Waals surface area contributed by atoms with Gasteiger partial charge >= 0.3 is 0 Å². The molecule has 1 N–H and O–H groups in total. The smallest absolute Gasteiger partial charge is 0.0604 e. The van der Waals surface area contributed by atoms with Gasteiger partial charge in [-0.3, -0.25) is 4.90 Å². The molecular formula is C11H20N2. The molecule has 2 atom stereocenters. The van der Waals surface area contributed by atoms with Crippen LogP contribution in [0.25, 0.3) is 0 Å². The fourth-order valence-corrected chi connectivity index (χ4v) is 1.81. The zero-order chi connectivity index (χ0) is 9.68. The molecule has 2 unspecified atom stereocenters. The van der Waals surface area contributed by atoms with Crippen molar-refractivity contribution in [2.45, 2.75) is 39.3 Å². The maximum atomic E-state index is 3.50. The maximum absolute atomic E-state index is 3.50. The Hall–Kier alpha value is -0.520. The SMILES string of the molecule is CC#CCN1CC(C)NCC1CC. The average molecular weight is 180 g/mol. The largest absolute Gasteiger partial charge is 0.311 e. The lowest BCUT2D eigenvalue weighted by atomic mass is 10.1. The third kappa shape index (κ3) is 3.02. The lowest BCUT2D eigenvalue weighted by Gasteiger charge is -2.37.